The molecule has 0 aliphatic carbocycles. The number of fused-ring (bicyclic) bond motifs is 1. The van der Waals surface area contributed by atoms with E-state index < -0.39 is 0 Å². The Bertz CT molecular complexity index is 906. The van der Waals surface area contributed by atoms with Crippen LogP contribution in [0.1, 0.15) is 36.7 Å². The van der Waals surface area contributed by atoms with Crippen molar-refractivity contribution in [3.05, 3.63) is 65.5 Å². The van der Waals surface area contributed by atoms with Gasteiger partial charge in [-0.1, -0.05) is 50.2 Å². The molecule has 0 aliphatic heterocycles. The van der Waals surface area contributed by atoms with Gasteiger partial charge in [-0.05, 0) is 35.3 Å². The summed E-state index contributed by atoms with van der Waals surface area (Å²) in [6.07, 6.45) is 1.89. The van der Waals surface area contributed by atoms with Gasteiger partial charge in [0.25, 0.3) is 0 Å². The summed E-state index contributed by atoms with van der Waals surface area (Å²) in [6.45, 7) is 4.34. The van der Waals surface area contributed by atoms with Crippen LogP contribution < -0.4 is 0 Å². The summed E-state index contributed by atoms with van der Waals surface area (Å²) in [4.78, 5) is 4.60. The third kappa shape index (κ3) is 2.89. The molecule has 0 aliphatic rings. The fourth-order valence-corrected chi connectivity index (χ4v) is 2.68. The Kier molecular flexibility index (Phi) is 3.99. The smallest absolute Gasteiger partial charge is 0.151 e. The third-order valence-corrected chi connectivity index (χ3v) is 4.06. The summed E-state index contributed by atoms with van der Waals surface area (Å²) in [5, 5.41) is 9.56. The minimum atomic E-state index is 0.503. The number of para-hydroxylation sites is 2. The van der Waals surface area contributed by atoms with Gasteiger partial charge in [0.05, 0.1) is 16.6 Å². The molecule has 114 valence electrons. The van der Waals surface area contributed by atoms with Crippen molar-refractivity contribution >= 4 is 22.7 Å². The lowest BCUT2D eigenvalue weighted by molar-refractivity contribution is 0.866. The molecule has 3 rings (SSSR count). The largest absolute Gasteiger partial charge is 0.327 e. The van der Waals surface area contributed by atoms with Crippen molar-refractivity contribution in [2.24, 2.45) is 7.05 Å². The van der Waals surface area contributed by atoms with E-state index in [-0.39, 0.29) is 0 Å². The van der Waals surface area contributed by atoms with Gasteiger partial charge in [0.1, 0.15) is 6.07 Å². The van der Waals surface area contributed by atoms with Gasteiger partial charge >= 0.3 is 0 Å². The monoisotopic (exact) mass is 301 g/mol. The first-order valence-electron chi connectivity index (χ1n) is 7.73. The zero-order valence-electron chi connectivity index (χ0n) is 13.6. The Morgan fingerprint density at radius 3 is 2.43 bits per heavy atom. The maximum absolute atomic E-state index is 9.56. The Hall–Kier alpha value is -2.86. The molecule has 0 unspecified atom stereocenters. The molecule has 0 atom stereocenters. The second-order valence-electron chi connectivity index (χ2n) is 5.97. The normalized spacial score (nSPS) is 11.9. The second kappa shape index (κ2) is 6.10. The van der Waals surface area contributed by atoms with Crippen LogP contribution in [-0.4, -0.2) is 9.55 Å². The van der Waals surface area contributed by atoms with Gasteiger partial charge in [-0.2, -0.15) is 5.26 Å². The molecule has 0 fully saturated rings. The van der Waals surface area contributed by atoms with Crippen molar-refractivity contribution in [1.29, 1.82) is 5.26 Å². The highest BCUT2D eigenvalue weighted by Gasteiger charge is 2.11. The average molecular weight is 301 g/mol. The highest BCUT2D eigenvalue weighted by molar-refractivity contribution is 5.90. The van der Waals surface area contributed by atoms with Crippen LogP contribution >= 0.6 is 0 Å². The molecule has 2 aromatic carbocycles. The Balaban J connectivity index is 2.04. The molecule has 0 amide bonds. The van der Waals surface area contributed by atoms with Crippen LogP contribution in [0.3, 0.4) is 0 Å². The van der Waals surface area contributed by atoms with Gasteiger partial charge in [0.2, 0.25) is 0 Å². The molecule has 3 heteroatoms. The number of hydrogen-bond acceptors (Lipinski definition) is 2. The van der Waals surface area contributed by atoms with Gasteiger partial charge in [0, 0.05) is 7.05 Å². The molecular weight excluding hydrogens is 282 g/mol. The van der Waals surface area contributed by atoms with E-state index >= 15 is 0 Å². The topological polar surface area (TPSA) is 41.6 Å². The molecule has 3 nitrogen and oxygen atoms in total. The van der Waals surface area contributed by atoms with Crippen molar-refractivity contribution < 1.29 is 0 Å². The molecule has 3 aromatic rings. The molecule has 1 heterocycles. The summed E-state index contributed by atoms with van der Waals surface area (Å²) >= 11 is 0. The summed E-state index contributed by atoms with van der Waals surface area (Å²) in [5.41, 5.74) is 4.81. The van der Waals surface area contributed by atoms with E-state index in [0.717, 1.165) is 16.6 Å². The van der Waals surface area contributed by atoms with E-state index in [4.69, 9.17) is 0 Å². The lowest BCUT2D eigenvalue weighted by Crippen LogP contribution is -1.96. The zero-order valence-corrected chi connectivity index (χ0v) is 13.6. The molecule has 23 heavy (non-hydrogen) atoms. The number of benzene rings is 2. The zero-order chi connectivity index (χ0) is 16.4. The lowest BCUT2D eigenvalue weighted by atomic mass is 10.0. The number of nitrogens with zero attached hydrogens (tertiary/aromatic N) is 3. The Morgan fingerprint density at radius 2 is 1.83 bits per heavy atom. The first-order chi connectivity index (χ1) is 11.1. The Morgan fingerprint density at radius 1 is 1.13 bits per heavy atom. The molecule has 0 bridgehead atoms. The molecule has 0 saturated carbocycles. The van der Waals surface area contributed by atoms with Crippen molar-refractivity contribution in [3.8, 4) is 6.07 Å². The van der Waals surface area contributed by atoms with Gasteiger partial charge in [0.15, 0.2) is 5.82 Å². The third-order valence-electron chi connectivity index (χ3n) is 4.06. The quantitative estimate of drug-likeness (QED) is 0.654. The maximum Gasteiger partial charge on any atom is 0.151 e. The summed E-state index contributed by atoms with van der Waals surface area (Å²) in [6, 6.07) is 18.5. The number of imidazole rings is 1. The summed E-state index contributed by atoms with van der Waals surface area (Å²) in [7, 11) is 1.94. The van der Waals surface area contributed by atoms with Crippen LogP contribution in [-0.2, 0) is 7.05 Å². The van der Waals surface area contributed by atoms with Crippen LogP contribution in [0.25, 0.3) is 22.7 Å². The maximum atomic E-state index is 9.56. The van der Waals surface area contributed by atoms with Gasteiger partial charge < -0.3 is 4.57 Å². The highest BCUT2D eigenvalue weighted by Crippen LogP contribution is 2.23. The standard InChI is InChI=1S/C20H19N3/c1-14(2)16-10-8-15(9-11-16)12-17(13-21)20-22-18-6-4-5-7-19(18)23(20)3/h4-12,14H,1-3H3/b17-12+. The first-order valence-corrected chi connectivity index (χ1v) is 7.73. The minimum absolute atomic E-state index is 0.503. The molecule has 1 aromatic heterocycles. The van der Waals surface area contributed by atoms with E-state index in [0.29, 0.717) is 17.3 Å². The van der Waals surface area contributed by atoms with Crippen molar-refractivity contribution in [1.82, 2.24) is 9.55 Å². The predicted octanol–water partition coefficient (Wildman–Crippen LogP) is 4.76. The van der Waals surface area contributed by atoms with Crippen LogP contribution in [0.2, 0.25) is 0 Å². The SMILES string of the molecule is CC(C)c1ccc(/C=C(\C#N)c2nc3ccccc3n2C)cc1. The molecule has 0 saturated heterocycles. The highest BCUT2D eigenvalue weighted by atomic mass is 15.1. The van der Waals surface area contributed by atoms with Crippen LogP contribution in [0.4, 0.5) is 0 Å². The second-order valence-corrected chi connectivity index (χ2v) is 5.97. The first kappa shape index (κ1) is 15.1. The van der Waals surface area contributed by atoms with E-state index in [1.54, 1.807) is 0 Å². The van der Waals surface area contributed by atoms with Crippen LogP contribution in [0, 0.1) is 11.3 Å². The average Bonchev–Trinajstić information content (AvgIpc) is 2.90. The van der Waals surface area contributed by atoms with E-state index in [9.17, 15) is 5.26 Å². The van der Waals surface area contributed by atoms with Gasteiger partial charge in [-0.3, -0.25) is 0 Å². The predicted molar refractivity (Wildman–Crippen MR) is 94.7 cm³/mol. The van der Waals surface area contributed by atoms with Gasteiger partial charge in [-0.25, -0.2) is 4.98 Å². The number of aromatic nitrogens is 2. The number of nitriles is 1. The molecular formula is C20H19N3. The van der Waals surface area contributed by atoms with Crippen LogP contribution in [0.5, 0.6) is 0 Å². The van der Waals surface area contributed by atoms with Gasteiger partial charge in [-0.15, -0.1) is 0 Å². The van der Waals surface area contributed by atoms with Crippen molar-refractivity contribution in [3.63, 3.8) is 0 Å². The van der Waals surface area contributed by atoms with E-state index in [2.05, 4.69) is 49.2 Å². The minimum Gasteiger partial charge on any atom is -0.327 e. The molecule has 0 radical (unpaired) electrons. The molecule has 0 spiro atoms. The van der Waals surface area contributed by atoms with Crippen molar-refractivity contribution in [2.45, 2.75) is 19.8 Å². The Labute approximate surface area is 136 Å². The van der Waals surface area contributed by atoms with E-state index in [1.807, 2.05) is 42.0 Å². The summed E-state index contributed by atoms with van der Waals surface area (Å²) in [5.74, 6) is 1.20. The number of hydrogen-bond donors (Lipinski definition) is 0. The fourth-order valence-electron chi connectivity index (χ4n) is 2.68. The number of allylic oxidation sites excluding steroid dienone is 1. The number of aryl methyl sites for hydroxylation is 1. The fraction of sp³-hybridized carbons (Fsp3) is 0.200. The van der Waals surface area contributed by atoms with Crippen LogP contribution in [0.15, 0.2) is 48.5 Å². The van der Waals surface area contributed by atoms with E-state index in [1.165, 1.54) is 5.56 Å². The van der Waals surface area contributed by atoms with Crippen molar-refractivity contribution in [2.75, 3.05) is 0 Å². The number of rotatable bonds is 3. The summed E-state index contributed by atoms with van der Waals surface area (Å²) < 4.78 is 1.97. The lowest BCUT2D eigenvalue weighted by Gasteiger charge is -2.05. The molecule has 0 N–H and O–H groups in total.